The molecule has 0 aliphatic carbocycles. The second kappa shape index (κ2) is 9.03. The SMILES string of the molecule is CC(C)(C)NC1CCN(c2ccnc3c(O)cccc23)C(NCc2ccc(Cl)cc2)C1. The molecule has 0 radical (unpaired) electrons. The molecule has 1 saturated heterocycles. The summed E-state index contributed by atoms with van der Waals surface area (Å²) in [6.45, 7) is 8.33. The third-order valence-electron chi connectivity index (χ3n) is 5.73. The van der Waals surface area contributed by atoms with Gasteiger partial charge in [-0.1, -0.05) is 35.9 Å². The number of phenolic OH excluding ortho intramolecular Hbond substituents is 1. The van der Waals surface area contributed by atoms with Gasteiger partial charge in [-0.05, 0) is 63.4 Å². The van der Waals surface area contributed by atoms with Gasteiger partial charge in [-0.15, -0.1) is 0 Å². The Morgan fingerprint density at radius 2 is 1.90 bits per heavy atom. The highest BCUT2D eigenvalue weighted by atomic mass is 35.5. The maximum Gasteiger partial charge on any atom is 0.141 e. The molecule has 31 heavy (non-hydrogen) atoms. The van der Waals surface area contributed by atoms with E-state index < -0.39 is 0 Å². The van der Waals surface area contributed by atoms with Crippen LogP contribution in [0.25, 0.3) is 10.9 Å². The molecule has 1 aromatic heterocycles. The lowest BCUT2D eigenvalue weighted by Crippen LogP contribution is -2.57. The minimum absolute atomic E-state index is 0.0721. The van der Waals surface area contributed by atoms with E-state index in [0.29, 0.717) is 11.6 Å². The highest BCUT2D eigenvalue weighted by Gasteiger charge is 2.31. The first-order chi connectivity index (χ1) is 14.8. The maximum absolute atomic E-state index is 10.3. The summed E-state index contributed by atoms with van der Waals surface area (Å²) < 4.78 is 0. The monoisotopic (exact) mass is 438 g/mol. The molecule has 2 heterocycles. The number of pyridine rings is 1. The quantitative estimate of drug-likeness (QED) is 0.519. The second-order valence-corrected chi connectivity index (χ2v) is 9.77. The number of hydrogen-bond acceptors (Lipinski definition) is 5. The summed E-state index contributed by atoms with van der Waals surface area (Å²) in [5.74, 6) is 0.217. The average Bonchev–Trinajstić information content (AvgIpc) is 2.72. The Balaban J connectivity index is 1.61. The molecule has 2 unspecified atom stereocenters. The van der Waals surface area contributed by atoms with E-state index in [1.165, 1.54) is 5.56 Å². The van der Waals surface area contributed by atoms with Crippen molar-refractivity contribution in [2.24, 2.45) is 0 Å². The first kappa shape index (κ1) is 21.9. The smallest absolute Gasteiger partial charge is 0.141 e. The number of phenols is 1. The van der Waals surface area contributed by atoms with Gasteiger partial charge in [0.25, 0.3) is 0 Å². The molecule has 0 spiro atoms. The summed E-state index contributed by atoms with van der Waals surface area (Å²) >= 11 is 6.05. The third-order valence-corrected chi connectivity index (χ3v) is 5.98. The predicted octanol–water partition coefficient (Wildman–Crippen LogP) is 5.07. The highest BCUT2D eigenvalue weighted by Crippen LogP contribution is 2.33. The lowest BCUT2D eigenvalue weighted by molar-refractivity contribution is 0.269. The van der Waals surface area contributed by atoms with Crippen LogP contribution in [0, 0.1) is 0 Å². The van der Waals surface area contributed by atoms with E-state index in [-0.39, 0.29) is 17.5 Å². The molecular weight excluding hydrogens is 408 g/mol. The molecule has 4 rings (SSSR count). The number of nitrogens with zero attached hydrogens (tertiary/aromatic N) is 2. The molecule has 2 atom stereocenters. The Bertz CT molecular complexity index is 1030. The molecule has 0 amide bonds. The zero-order valence-corrected chi connectivity index (χ0v) is 19.2. The van der Waals surface area contributed by atoms with Crippen molar-refractivity contribution >= 4 is 28.2 Å². The van der Waals surface area contributed by atoms with Crippen molar-refractivity contribution in [2.45, 2.75) is 57.9 Å². The normalized spacial score (nSPS) is 19.7. The van der Waals surface area contributed by atoms with Gasteiger partial charge in [0.05, 0.1) is 6.17 Å². The molecule has 1 aliphatic rings. The fourth-order valence-electron chi connectivity index (χ4n) is 4.42. The molecule has 3 N–H and O–H groups in total. The van der Waals surface area contributed by atoms with Crippen molar-refractivity contribution < 1.29 is 5.11 Å². The van der Waals surface area contributed by atoms with Crippen LogP contribution in [0.5, 0.6) is 5.75 Å². The minimum Gasteiger partial charge on any atom is -0.506 e. The van der Waals surface area contributed by atoms with Gasteiger partial charge in [0.1, 0.15) is 11.3 Å². The molecular formula is C25H31ClN4O. The molecule has 164 valence electrons. The van der Waals surface area contributed by atoms with E-state index in [2.05, 4.69) is 59.5 Å². The summed E-state index contributed by atoms with van der Waals surface area (Å²) in [7, 11) is 0. The van der Waals surface area contributed by atoms with Crippen molar-refractivity contribution in [3.05, 3.63) is 65.3 Å². The van der Waals surface area contributed by atoms with Crippen LogP contribution in [0.2, 0.25) is 5.02 Å². The topological polar surface area (TPSA) is 60.4 Å². The summed E-state index contributed by atoms with van der Waals surface area (Å²) in [5.41, 5.74) is 3.02. The van der Waals surface area contributed by atoms with Crippen molar-refractivity contribution in [3.63, 3.8) is 0 Å². The summed E-state index contributed by atoms with van der Waals surface area (Å²) in [5, 5.41) is 19.5. The number of rotatable bonds is 5. The van der Waals surface area contributed by atoms with Crippen LogP contribution < -0.4 is 15.5 Å². The summed E-state index contributed by atoms with van der Waals surface area (Å²) in [4.78, 5) is 6.82. The Labute approximate surface area is 189 Å². The maximum atomic E-state index is 10.3. The molecule has 5 nitrogen and oxygen atoms in total. The first-order valence-electron chi connectivity index (χ1n) is 10.9. The van der Waals surface area contributed by atoms with Gasteiger partial charge in [0.15, 0.2) is 0 Å². The highest BCUT2D eigenvalue weighted by molar-refractivity contribution is 6.30. The van der Waals surface area contributed by atoms with Crippen molar-refractivity contribution in [2.75, 3.05) is 11.4 Å². The van der Waals surface area contributed by atoms with Crippen LogP contribution in [0.15, 0.2) is 54.7 Å². The number of piperidine rings is 1. The standard InChI is InChI=1S/C25H31ClN4O/c1-25(2,3)29-19-12-14-30(21-11-13-27-24-20(21)5-4-6-22(24)31)23(15-19)28-16-17-7-9-18(26)10-8-17/h4-11,13,19,23,28-29,31H,12,14-16H2,1-3H3. The van der Waals surface area contributed by atoms with Crippen LogP contribution in [0.4, 0.5) is 5.69 Å². The van der Waals surface area contributed by atoms with E-state index >= 15 is 0 Å². The van der Waals surface area contributed by atoms with Crippen LogP contribution in [-0.4, -0.2) is 34.4 Å². The number of halogens is 1. The van der Waals surface area contributed by atoms with E-state index in [4.69, 9.17) is 11.6 Å². The molecule has 0 saturated carbocycles. The molecule has 6 heteroatoms. The Morgan fingerprint density at radius 1 is 1.13 bits per heavy atom. The van der Waals surface area contributed by atoms with Gasteiger partial charge in [0.2, 0.25) is 0 Å². The molecule has 2 aromatic carbocycles. The number of aromatic hydroxyl groups is 1. The molecule has 1 fully saturated rings. The zero-order valence-electron chi connectivity index (χ0n) is 18.4. The fraction of sp³-hybridized carbons (Fsp3) is 0.400. The number of anilines is 1. The molecule has 3 aromatic rings. The number of benzene rings is 2. The lowest BCUT2D eigenvalue weighted by Gasteiger charge is -2.43. The number of nitrogens with one attached hydrogen (secondary N) is 2. The van der Waals surface area contributed by atoms with Crippen LogP contribution in [0.1, 0.15) is 39.2 Å². The van der Waals surface area contributed by atoms with Gasteiger partial charge < -0.3 is 15.3 Å². The number of hydrogen-bond donors (Lipinski definition) is 3. The Hall–Kier alpha value is -2.34. The number of fused-ring (bicyclic) bond motifs is 1. The van der Waals surface area contributed by atoms with Crippen LogP contribution >= 0.6 is 11.6 Å². The predicted molar refractivity (Wildman–Crippen MR) is 129 cm³/mol. The number of aromatic nitrogens is 1. The van der Waals surface area contributed by atoms with Crippen molar-refractivity contribution in [1.82, 2.24) is 15.6 Å². The Kier molecular flexibility index (Phi) is 6.37. The number of para-hydroxylation sites is 1. The molecule has 0 bridgehead atoms. The molecule has 1 aliphatic heterocycles. The van der Waals surface area contributed by atoms with Gasteiger partial charge in [-0.2, -0.15) is 0 Å². The van der Waals surface area contributed by atoms with Crippen LogP contribution in [-0.2, 0) is 6.54 Å². The van der Waals surface area contributed by atoms with Crippen molar-refractivity contribution in [1.29, 1.82) is 0 Å². The van der Waals surface area contributed by atoms with E-state index in [1.807, 2.05) is 24.3 Å². The van der Waals surface area contributed by atoms with E-state index in [0.717, 1.165) is 42.0 Å². The van der Waals surface area contributed by atoms with Gasteiger partial charge in [-0.3, -0.25) is 10.3 Å². The lowest BCUT2D eigenvalue weighted by atomic mass is 9.96. The van der Waals surface area contributed by atoms with Gasteiger partial charge >= 0.3 is 0 Å². The average molecular weight is 439 g/mol. The van der Waals surface area contributed by atoms with E-state index in [1.54, 1.807) is 12.3 Å². The van der Waals surface area contributed by atoms with E-state index in [9.17, 15) is 5.11 Å². The largest absolute Gasteiger partial charge is 0.506 e. The summed E-state index contributed by atoms with van der Waals surface area (Å²) in [6, 6.07) is 16.1. The summed E-state index contributed by atoms with van der Waals surface area (Å²) in [6.07, 6.45) is 3.97. The third kappa shape index (κ3) is 5.29. The second-order valence-electron chi connectivity index (χ2n) is 9.34. The van der Waals surface area contributed by atoms with Gasteiger partial charge in [-0.25, -0.2) is 0 Å². The zero-order chi connectivity index (χ0) is 22.0. The Morgan fingerprint density at radius 3 is 2.65 bits per heavy atom. The fourth-order valence-corrected chi connectivity index (χ4v) is 4.55. The van der Waals surface area contributed by atoms with Gasteiger partial charge in [0, 0.05) is 47.0 Å². The van der Waals surface area contributed by atoms with Crippen molar-refractivity contribution in [3.8, 4) is 5.75 Å². The first-order valence-corrected chi connectivity index (χ1v) is 11.3. The minimum atomic E-state index is 0.0721. The van der Waals surface area contributed by atoms with Crippen LogP contribution in [0.3, 0.4) is 0 Å².